The Hall–Kier alpha value is -0.190. The van der Waals surface area contributed by atoms with Crippen molar-refractivity contribution in [2.45, 2.75) is 69.8 Å². The molecule has 0 bridgehead atoms. The summed E-state index contributed by atoms with van der Waals surface area (Å²) in [4.78, 5) is 22.8. The Labute approximate surface area is 189 Å². The first kappa shape index (κ1) is 25.8. The van der Waals surface area contributed by atoms with Crippen LogP contribution in [0, 0.1) is 18.3 Å². The molecule has 0 spiro atoms. The second-order valence-corrected chi connectivity index (χ2v) is 8.79. The van der Waals surface area contributed by atoms with Gasteiger partial charge in [-0.05, 0) is 46.0 Å². The molecule has 28 heavy (non-hydrogen) atoms. The predicted octanol–water partition coefficient (Wildman–Crippen LogP) is -0.720. The minimum absolute atomic E-state index is 0. The van der Waals surface area contributed by atoms with E-state index in [9.17, 15) is 22.6 Å². The van der Waals surface area contributed by atoms with Crippen LogP contribution >= 0.6 is 0 Å². The number of hydrogen-bond acceptors (Lipinski definition) is 7. The fourth-order valence-corrected chi connectivity index (χ4v) is 4.93. The third kappa shape index (κ3) is 6.40. The number of rotatable bonds is 7. The molecule has 1 N–H and O–H groups in total. The van der Waals surface area contributed by atoms with Crippen molar-refractivity contribution in [2.75, 3.05) is 13.2 Å². The van der Waals surface area contributed by atoms with Gasteiger partial charge in [-0.1, -0.05) is 0 Å². The fraction of sp³-hybridized carbons (Fsp3) is 0.833. The van der Waals surface area contributed by atoms with E-state index in [0.717, 1.165) is 0 Å². The second-order valence-electron chi connectivity index (χ2n) is 7.10. The van der Waals surface area contributed by atoms with E-state index in [1.165, 1.54) is 0 Å². The number of esters is 2. The summed E-state index contributed by atoms with van der Waals surface area (Å²) in [5, 5.41) is 0. The van der Waals surface area contributed by atoms with E-state index in [2.05, 4.69) is 0 Å². The molecule has 2 unspecified atom stereocenters. The van der Waals surface area contributed by atoms with E-state index >= 15 is 0 Å². The van der Waals surface area contributed by atoms with E-state index < -0.39 is 44.9 Å². The van der Waals surface area contributed by atoms with Crippen LogP contribution in [0.25, 0.3) is 0 Å². The van der Waals surface area contributed by atoms with E-state index in [1.54, 1.807) is 13.8 Å². The van der Waals surface area contributed by atoms with E-state index in [1.807, 2.05) is 6.42 Å². The molecule has 0 radical (unpaired) electrons. The van der Waals surface area contributed by atoms with Gasteiger partial charge < -0.3 is 20.6 Å². The van der Waals surface area contributed by atoms with Crippen molar-refractivity contribution in [2.24, 2.45) is 11.8 Å². The molecule has 0 aromatic rings. The van der Waals surface area contributed by atoms with Gasteiger partial charge in [0.1, 0.15) is 0 Å². The van der Waals surface area contributed by atoms with Crippen LogP contribution in [0.2, 0.25) is 0 Å². The molecule has 2 rings (SSSR count). The summed E-state index contributed by atoms with van der Waals surface area (Å²) in [5.74, 6) is -2.02. The normalized spacial score (nSPS) is 27.3. The first-order chi connectivity index (χ1) is 12.7. The predicted molar refractivity (Wildman–Crippen MR) is 96.0 cm³/mol. The Kier molecular flexibility index (Phi) is 10.4. The quantitative estimate of drug-likeness (QED) is 0.244. The molecule has 0 aromatic carbocycles. The van der Waals surface area contributed by atoms with E-state index in [0.29, 0.717) is 12.8 Å². The van der Waals surface area contributed by atoms with Gasteiger partial charge in [0.25, 0.3) is 10.1 Å². The Morgan fingerprint density at radius 2 is 1.46 bits per heavy atom. The van der Waals surface area contributed by atoms with Gasteiger partial charge in [-0.3, -0.25) is 14.1 Å². The summed E-state index contributed by atoms with van der Waals surface area (Å²) >= 11 is 0. The molecule has 0 saturated heterocycles. The van der Waals surface area contributed by atoms with Crippen molar-refractivity contribution in [3.63, 3.8) is 0 Å². The summed E-state index contributed by atoms with van der Waals surface area (Å²) in [6, 6.07) is 0. The van der Waals surface area contributed by atoms with Gasteiger partial charge in [0.05, 0.1) is 31.2 Å². The summed E-state index contributed by atoms with van der Waals surface area (Å²) in [6.45, 7) is 3.83. The molecule has 2 saturated carbocycles. The molecule has 2 aliphatic carbocycles. The molecule has 2 aliphatic rings. The topological polar surface area (TPSA) is 116 Å². The van der Waals surface area contributed by atoms with Gasteiger partial charge in [0.15, 0.2) is 4.93 Å². The molecule has 2 fully saturated rings. The van der Waals surface area contributed by atoms with Crippen molar-refractivity contribution in [3.05, 3.63) is 6.42 Å². The van der Waals surface area contributed by atoms with Crippen molar-refractivity contribution in [1.82, 2.24) is 0 Å². The Morgan fingerprint density at radius 1 is 1.00 bits per heavy atom. The van der Waals surface area contributed by atoms with Crippen molar-refractivity contribution in [1.29, 1.82) is 0 Å². The Bertz CT molecular complexity index is 603. The molecule has 2 atom stereocenters. The van der Waals surface area contributed by atoms with Crippen LogP contribution in [0.15, 0.2) is 0 Å². The van der Waals surface area contributed by atoms with Crippen LogP contribution in [0.3, 0.4) is 0 Å². The van der Waals surface area contributed by atoms with E-state index in [4.69, 9.17) is 14.2 Å². The summed E-state index contributed by atoms with van der Waals surface area (Å²) < 4.78 is 50.0. The Balaban J connectivity index is 0.00000392. The monoisotopic (exact) mass is 428 g/mol. The van der Waals surface area contributed by atoms with E-state index in [-0.39, 0.29) is 74.9 Å². The minimum atomic E-state index is -4.46. The maximum Gasteiger partial charge on any atom is 1.00 e. The molecule has 0 aromatic heterocycles. The van der Waals surface area contributed by atoms with Gasteiger partial charge in [-0.25, -0.2) is 0 Å². The molecule has 0 heterocycles. The van der Waals surface area contributed by atoms with Crippen molar-refractivity contribution < 1.29 is 66.3 Å². The van der Waals surface area contributed by atoms with Crippen LogP contribution in [0.1, 0.15) is 58.8 Å². The second kappa shape index (κ2) is 11.3. The standard InChI is InChI=1S/C18H29O8S.Na/c1-3-24-16(19)13-10-14(17(20)25-4-2)12-15(11-13)26-18(27(21,22)23)8-6-5-7-9-18;/h5,13-15H,3-4,6-12H2,1-2H3,(H,21,22,23);/q-1;+1. The van der Waals surface area contributed by atoms with Gasteiger partial charge in [0.2, 0.25) is 0 Å². The molecule has 10 heteroatoms. The molecule has 0 aliphatic heterocycles. The first-order valence-electron chi connectivity index (χ1n) is 9.52. The average Bonchev–Trinajstić information content (AvgIpc) is 2.61. The van der Waals surface area contributed by atoms with Crippen LogP contribution in [0.5, 0.6) is 0 Å². The zero-order valence-electron chi connectivity index (χ0n) is 16.9. The van der Waals surface area contributed by atoms with Crippen molar-refractivity contribution >= 4 is 22.1 Å². The van der Waals surface area contributed by atoms with Gasteiger partial charge in [-0.2, -0.15) is 21.3 Å². The molecular weight excluding hydrogens is 399 g/mol. The maximum atomic E-state index is 12.2. The zero-order chi connectivity index (χ0) is 20.1. The largest absolute Gasteiger partial charge is 1.00 e. The van der Waals surface area contributed by atoms with Gasteiger partial charge >= 0.3 is 41.5 Å². The summed E-state index contributed by atoms with van der Waals surface area (Å²) in [5.41, 5.74) is 0. The third-order valence-corrected chi connectivity index (χ3v) is 6.66. The number of hydrogen-bond donors (Lipinski definition) is 1. The molecule has 156 valence electrons. The maximum absolute atomic E-state index is 12.2. The smallest absolute Gasteiger partial charge is 0.466 e. The SMILES string of the molecule is CCOC(=O)C1CC(OC2(S(=O)(=O)O)CC[CH-]CC2)CC(C(=O)OCC)C1.[Na+]. The number of carbonyl (C=O) groups excluding carboxylic acids is 2. The number of carbonyl (C=O) groups is 2. The van der Waals surface area contributed by atoms with Crippen LogP contribution in [0.4, 0.5) is 0 Å². The molecular formula is C18H29NaO8S. The fourth-order valence-electron chi connectivity index (χ4n) is 3.92. The van der Waals surface area contributed by atoms with Crippen LogP contribution in [-0.2, 0) is 33.9 Å². The van der Waals surface area contributed by atoms with Crippen molar-refractivity contribution in [3.8, 4) is 0 Å². The van der Waals surface area contributed by atoms with Crippen LogP contribution in [-0.4, -0.2) is 49.2 Å². The Morgan fingerprint density at radius 3 is 1.86 bits per heavy atom. The number of ether oxygens (including phenoxy) is 3. The summed E-state index contributed by atoms with van der Waals surface area (Å²) in [7, 11) is -4.46. The van der Waals surface area contributed by atoms with Gasteiger partial charge in [0, 0.05) is 0 Å². The third-order valence-electron chi connectivity index (χ3n) is 5.21. The summed E-state index contributed by atoms with van der Waals surface area (Å²) in [6.07, 6.45) is 3.38. The van der Waals surface area contributed by atoms with Gasteiger partial charge in [-0.15, -0.1) is 0 Å². The first-order valence-corrected chi connectivity index (χ1v) is 11.0. The zero-order valence-corrected chi connectivity index (χ0v) is 19.7. The minimum Gasteiger partial charge on any atom is -0.466 e. The van der Waals surface area contributed by atoms with Crippen LogP contribution < -0.4 is 29.6 Å². The molecule has 8 nitrogen and oxygen atoms in total. The molecule has 0 amide bonds. The average molecular weight is 428 g/mol.